The first kappa shape index (κ1) is 77.0. The molecule has 10 heteroatoms. The number of hydrogen-bond donors (Lipinski definition) is 1. The topological polar surface area (TPSA) is 114 Å². The number of esters is 1. The van der Waals surface area contributed by atoms with Gasteiger partial charge in [0.15, 0.2) is 0 Å². The summed E-state index contributed by atoms with van der Waals surface area (Å²) in [6.07, 6.45) is 73.8. The maximum atomic E-state index is 13.5. The lowest BCUT2D eigenvalue weighted by Crippen LogP contribution is -2.47. The Kier molecular flexibility index (Phi) is 57.6. The van der Waals surface area contributed by atoms with Gasteiger partial charge in [-0.05, 0) is 70.3 Å². The van der Waals surface area contributed by atoms with Gasteiger partial charge in [-0.2, -0.15) is 0 Å². The number of phosphoric ester groups is 1. The van der Waals surface area contributed by atoms with Gasteiger partial charge < -0.3 is 28.5 Å². The van der Waals surface area contributed by atoms with Gasteiger partial charge in [0, 0.05) is 12.8 Å². The average molecular weight is 1130 g/mol. The number of rotatable bonds is 62. The highest BCUT2D eigenvalue weighted by Gasteiger charge is 2.27. The number of amides is 1. The Morgan fingerprint density at radius 2 is 0.772 bits per heavy atom. The molecule has 0 bridgehead atoms. The molecule has 0 rings (SSSR count). The molecule has 0 fully saturated rings. The van der Waals surface area contributed by atoms with E-state index in [0.717, 1.165) is 77.0 Å². The minimum absolute atomic E-state index is 0.0259. The molecule has 0 heterocycles. The summed E-state index contributed by atoms with van der Waals surface area (Å²) in [4.78, 5) is 40.0. The third kappa shape index (κ3) is 60.4. The molecule has 0 saturated carbocycles. The van der Waals surface area contributed by atoms with Crippen LogP contribution in [0.4, 0.5) is 0 Å². The van der Waals surface area contributed by atoms with Gasteiger partial charge in [0.05, 0.1) is 33.8 Å². The molecule has 464 valence electrons. The standard InChI is InChI=1S/C69H131N2O7P/c1-7-10-13-16-19-22-25-27-29-31-32-33-34-35-36-37-38-40-42-44-47-50-53-56-59-62-69(73)78-67(60-57-54-51-48-45-24-21-18-15-12-9-3)66(65-77-79(74,75)76-64-63-71(4,5)6)70-68(72)61-58-55-52-49-46-43-41-39-30-28-26-23-20-17-14-11-8-2/h20,23,28,30,41,43,57,60,66-67H,7-19,21-22,24-27,29,31-40,42,44-56,58-59,61-65H2,1-6H3,(H-,70,72,74,75)/b23-20-,30-28-,43-41-,60-57-. The molecular weight excluding hydrogens is 1000 g/mol. The van der Waals surface area contributed by atoms with Crippen LogP contribution in [-0.2, 0) is 27.9 Å². The van der Waals surface area contributed by atoms with E-state index in [1.54, 1.807) is 0 Å². The first-order chi connectivity index (χ1) is 38.4. The van der Waals surface area contributed by atoms with Gasteiger partial charge >= 0.3 is 5.97 Å². The number of nitrogens with zero attached hydrogens (tertiary/aromatic N) is 1. The van der Waals surface area contributed by atoms with Crippen molar-refractivity contribution in [1.82, 2.24) is 5.32 Å². The van der Waals surface area contributed by atoms with Crippen molar-refractivity contribution >= 4 is 19.7 Å². The molecule has 0 radical (unpaired) electrons. The first-order valence-electron chi connectivity index (χ1n) is 33.9. The van der Waals surface area contributed by atoms with E-state index in [0.29, 0.717) is 23.9 Å². The van der Waals surface area contributed by atoms with Crippen LogP contribution in [0, 0.1) is 0 Å². The fourth-order valence-electron chi connectivity index (χ4n) is 10.0. The highest BCUT2D eigenvalue weighted by molar-refractivity contribution is 7.45. The van der Waals surface area contributed by atoms with Crippen LogP contribution >= 0.6 is 7.82 Å². The van der Waals surface area contributed by atoms with E-state index in [1.165, 1.54) is 212 Å². The molecule has 0 aliphatic rings. The fourth-order valence-corrected chi connectivity index (χ4v) is 10.7. The summed E-state index contributed by atoms with van der Waals surface area (Å²) in [5.41, 5.74) is 0. The van der Waals surface area contributed by atoms with E-state index < -0.39 is 26.6 Å². The van der Waals surface area contributed by atoms with E-state index in [2.05, 4.69) is 62.5 Å². The number of allylic oxidation sites excluding steroid dienone is 7. The second-order valence-electron chi connectivity index (χ2n) is 24.3. The van der Waals surface area contributed by atoms with E-state index in [4.69, 9.17) is 13.8 Å². The van der Waals surface area contributed by atoms with Crippen molar-refractivity contribution in [3.63, 3.8) is 0 Å². The number of carbonyl (C=O) groups excluding carboxylic acids is 2. The quantitative estimate of drug-likeness (QED) is 0.0212. The molecule has 9 nitrogen and oxygen atoms in total. The second-order valence-corrected chi connectivity index (χ2v) is 25.7. The molecule has 3 atom stereocenters. The van der Waals surface area contributed by atoms with Crippen LogP contribution in [0.5, 0.6) is 0 Å². The smallest absolute Gasteiger partial charge is 0.306 e. The number of quaternary nitrogens is 1. The number of unbranched alkanes of at least 4 members (excludes halogenated alkanes) is 40. The first-order valence-corrected chi connectivity index (χ1v) is 35.4. The largest absolute Gasteiger partial charge is 0.756 e. The summed E-state index contributed by atoms with van der Waals surface area (Å²) in [7, 11) is 1.18. The lowest BCUT2D eigenvalue weighted by Gasteiger charge is -2.30. The van der Waals surface area contributed by atoms with Crippen molar-refractivity contribution in [2.45, 2.75) is 341 Å². The fraction of sp³-hybridized carbons (Fsp3) is 0.855. The van der Waals surface area contributed by atoms with E-state index >= 15 is 0 Å². The zero-order chi connectivity index (χ0) is 57.9. The van der Waals surface area contributed by atoms with Crippen molar-refractivity contribution in [3.05, 3.63) is 48.6 Å². The zero-order valence-corrected chi connectivity index (χ0v) is 54.0. The van der Waals surface area contributed by atoms with Gasteiger partial charge in [-0.3, -0.25) is 14.2 Å². The van der Waals surface area contributed by atoms with Crippen molar-refractivity contribution in [1.29, 1.82) is 0 Å². The molecule has 1 amide bonds. The number of hydrogen-bond acceptors (Lipinski definition) is 7. The van der Waals surface area contributed by atoms with Crippen LogP contribution in [-0.4, -0.2) is 69.4 Å². The Morgan fingerprint density at radius 3 is 1.18 bits per heavy atom. The minimum atomic E-state index is -4.70. The SMILES string of the molecule is CCCCC/C=C\C/C=C\C/C=C\CCCCCCC(=O)NC(COP(=O)([O-])OCC[N+](C)(C)C)C(/C=C\CCCCCCCCCCC)OC(=O)CCCCCCCCCCCCCCCCCCCCCCCCCCC. The second kappa shape index (κ2) is 59.1. The van der Waals surface area contributed by atoms with Crippen molar-refractivity contribution in [2.24, 2.45) is 0 Å². The van der Waals surface area contributed by atoms with Crippen LogP contribution in [0.25, 0.3) is 0 Å². The summed E-state index contributed by atoms with van der Waals surface area (Å²) in [6, 6.07) is -0.898. The van der Waals surface area contributed by atoms with Crippen LogP contribution in [0.1, 0.15) is 329 Å². The Bertz CT molecular complexity index is 1490. The van der Waals surface area contributed by atoms with Crippen molar-refractivity contribution < 1.29 is 37.3 Å². The van der Waals surface area contributed by atoms with E-state index in [-0.39, 0.29) is 24.9 Å². The molecule has 0 aliphatic heterocycles. The molecule has 1 N–H and O–H groups in total. The monoisotopic (exact) mass is 1130 g/mol. The van der Waals surface area contributed by atoms with Crippen LogP contribution in [0.2, 0.25) is 0 Å². The van der Waals surface area contributed by atoms with Crippen LogP contribution in [0.3, 0.4) is 0 Å². The predicted molar refractivity (Wildman–Crippen MR) is 339 cm³/mol. The van der Waals surface area contributed by atoms with Gasteiger partial charge in [-0.1, -0.05) is 294 Å². The summed E-state index contributed by atoms with van der Waals surface area (Å²) in [6.45, 7) is 6.83. The maximum absolute atomic E-state index is 13.5. The highest BCUT2D eigenvalue weighted by atomic mass is 31.2. The lowest BCUT2D eigenvalue weighted by atomic mass is 10.0. The van der Waals surface area contributed by atoms with Crippen LogP contribution < -0.4 is 10.2 Å². The van der Waals surface area contributed by atoms with Gasteiger partial charge in [0.1, 0.15) is 19.3 Å². The minimum Gasteiger partial charge on any atom is -0.756 e. The molecule has 0 aliphatic carbocycles. The molecule has 0 aromatic rings. The molecule has 79 heavy (non-hydrogen) atoms. The number of nitrogens with one attached hydrogen (secondary N) is 1. The number of ether oxygens (including phenoxy) is 1. The third-order valence-corrected chi connectivity index (χ3v) is 16.2. The van der Waals surface area contributed by atoms with Gasteiger partial charge in [-0.15, -0.1) is 0 Å². The highest BCUT2D eigenvalue weighted by Crippen LogP contribution is 2.38. The van der Waals surface area contributed by atoms with Gasteiger partial charge in [0.2, 0.25) is 5.91 Å². The summed E-state index contributed by atoms with van der Waals surface area (Å²) < 4.78 is 30.4. The van der Waals surface area contributed by atoms with Gasteiger partial charge in [-0.25, -0.2) is 0 Å². The normalized spacial score (nSPS) is 13.9. The molecule has 0 spiro atoms. The van der Waals surface area contributed by atoms with Gasteiger partial charge in [0.25, 0.3) is 7.82 Å². The average Bonchev–Trinajstić information content (AvgIpc) is 3.41. The molecular formula is C69H131N2O7P. The summed E-state index contributed by atoms with van der Waals surface area (Å²) >= 11 is 0. The molecule has 0 aromatic heterocycles. The predicted octanol–water partition coefficient (Wildman–Crippen LogP) is 20.6. The Labute approximate surface area is 490 Å². The molecule has 3 unspecified atom stereocenters. The maximum Gasteiger partial charge on any atom is 0.306 e. The Hall–Kier alpha value is -2.03. The lowest BCUT2D eigenvalue weighted by molar-refractivity contribution is -0.870. The zero-order valence-electron chi connectivity index (χ0n) is 53.1. The van der Waals surface area contributed by atoms with E-state index in [9.17, 15) is 19.0 Å². The Morgan fingerprint density at radius 1 is 0.443 bits per heavy atom. The Balaban J connectivity index is 5.05. The number of carbonyl (C=O) groups is 2. The summed E-state index contributed by atoms with van der Waals surface area (Å²) in [5, 5.41) is 3.02. The van der Waals surface area contributed by atoms with Crippen molar-refractivity contribution in [3.8, 4) is 0 Å². The third-order valence-electron chi connectivity index (χ3n) is 15.3. The molecule has 0 saturated heterocycles. The molecule has 0 aromatic carbocycles. The van der Waals surface area contributed by atoms with Crippen molar-refractivity contribution in [2.75, 3.05) is 40.9 Å². The van der Waals surface area contributed by atoms with Crippen LogP contribution in [0.15, 0.2) is 48.6 Å². The van der Waals surface area contributed by atoms with E-state index in [1.807, 2.05) is 33.3 Å². The number of phosphoric acid groups is 1. The summed E-state index contributed by atoms with van der Waals surface area (Å²) in [5.74, 6) is -0.553. The number of likely N-dealkylation sites (N-methyl/N-ethyl adjacent to an activating group) is 1.